The lowest BCUT2D eigenvalue weighted by Gasteiger charge is -2.16. The molecule has 2 aromatic carbocycles. The summed E-state index contributed by atoms with van der Waals surface area (Å²) in [7, 11) is 0. The van der Waals surface area contributed by atoms with Crippen molar-refractivity contribution in [3.63, 3.8) is 0 Å². The second-order valence-corrected chi connectivity index (χ2v) is 5.09. The zero-order chi connectivity index (χ0) is 15.4. The Balaban J connectivity index is 2.02. The van der Waals surface area contributed by atoms with Crippen molar-refractivity contribution in [2.24, 2.45) is 0 Å². The summed E-state index contributed by atoms with van der Waals surface area (Å²) >= 11 is 11.9. The number of hydrogen-bond donors (Lipinski definition) is 1. The molecular formula is C15H12Cl2FNO2. The number of carbonyl (C=O) groups excluding carboxylic acids is 1. The molecule has 0 aliphatic rings. The highest BCUT2D eigenvalue weighted by Gasteiger charge is 2.17. The standard InChI is InChI=1S/C15H12Cl2FNO2/c1-9(21-13-4-2-3-12(16)14(13)17)15(20)19-11-7-5-10(18)6-8-11/h2-9H,1H3,(H,19,20)/t9-/m0/s1. The van der Waals surface area contributed by atoms with Crippen molar-refractivity contribution in [2.75, 3.05) is 5.32 Å². The summed E-state index contributed by atoms with van der Waals surface area (Å²) in [5, 5.41) is 3.21. The number of ether oxygens (including phenoxy) is 1. The molecule has 0 heterocycles. The molecule has 0 fully saturated rings. The van der Waals surface area contributed by atoms with E-state index in [-0.39, 0.29) is 16.7 Å². The molecule has 3 nitrogen and oxygen atoms in total. The highest BCUT2D eigenvalue weighted by Crippen LogP contribution is 2.32. The maximum Gasteiger partial charge on any atom is 0.265 e. The van der Waals surface area contributed by atoms with Crippen LogP contribution in [0.1, 0.15) is 6.92 Å². The first-order valence-electron chi connectivity index (χ1n) is 6.14. The number of hydrogen-bond acceptors (Lipinski definition) is 2. The van der Waals surface area contributed by atoms with Gasteiger partial charge in [-0.2, -0.15) is 0 Å². The zero-order valence-electron chi connectivity index (χ0n) is 11.1. The molecule has 21 heavy (non-hydrogen) atoms. The maximum absolute atomic E-state index is 12.8. The van der Waals surface area contributed by atoms with Crippen LogP contribution in [0.5, 0.6) is 5.75 Å². The third-order valence-corrected chi connectivity index (χ3v) is 3.50. The smallest absolute Gasteiger partial charge is 0.265 e. The second-order valence-electron chi connectivity index (χ2n) is 4.31. The number of rotatable bonds is 4. The summed E-state index contributed by atoms with van der Waals surface area (Å²) < 4.78 is 18.3. The van der Waals surface area contributed by atoms with Crippen molar-refractivity contribution in [3.05, 3.63) is 58.3 Å². The van der Waals surface area contributed by atoms with Crippen molar-refractivity contribution in [1.82, 2.24) is 0 Å². The molecule has 0 aromatic heterocycles. The van der Waals surface area contributed by atoms with E-state index in [1.165, 1.54) is 24.3 Å². The SMILES string of the molecule is C[C@H](Oc1cccc(Cl)c1Cl)C(=O)Nc1ccc(F)cc1. The monoisotopic (exact) mass is 327 g/mol. The fourth-order valence-electron chi connectivity index (χ4n) is 1.60. The third kappa shape index (κ3) is 4.09. The van der Waals surface area contributed by atoms with Crippen LogP contribution in [-0.4, -0.2) is 12.0 Å². The molecule has 1 amide bonds. The minimum Gasteiger partial charge on any atom is -0.479 e. The summed E-state index contributed by atoms with van der Waals surface area (Å²) in [6.45, 7) is 1.58. The number of nitrogens with one attached hydrogen (secondary N) is 1. The molecule has 1 atom stereocenters. The summed E-state index contributed by atoms with van der Waals surface area (Å²) in [5.41, 5.74) is 0.481. The van der Waals surface area contributed by atoms with Gasteiger partial charge >= 0.3 is 0 Å². The summed E-state index contributed by atoms with van der Waals surface area (Å²) in [6, 6.07) is 10.4. The molecule has 6 heteroatoms. The van der Waals surface area contributed by atoms with Crippen LogP contribution in [0.3, 0.4) is 0 Å². The lowest BCUT2D eigenvalue weighted by molar-refractivity contribution is -0.122. The first-order valence-corrected chi connectivity index (χ1v) is 6.90. The molecule has 0 spiro atoms. The van der Waals surface area contributed by atoms with Crippen LogP contribution in [0.4, 0.5) is 10.1 Å². The van der Waals surface area contributed by atoms with Crippen LogP contribution in [0.25, 0.3) is 0 Å². The third-order valence-electron chi connectivity index (χ3n) is 2.70. The molecule has 0 saturated carbocycles. The maximum atomic E-state index is 12.8. The molecule has 0 radical (unpaired) electrons. The van der Waals surface area contributed by atoms with Crippen LogP contribution in [0, 0.1) is 5.82 Å². The molecule has 0 unspecified atom stereocenters. The lowest BCUT2D eigenvalue weighted by atomic mass is 10.3. The van der Waals surface area contributed by atoms with Crippen molar-refractivity contribution in [1.29, 1.82) is 0 Å². The van der Waals surface area contributed by atoms with Crippen LogP contribution < -0.4 is 10.1 Å². The van der Waals surface area contributed by atoms with Gasteiger partial charge in [0.2, 0.25) is 0 Å². The van der Waals surface area contributed by atoms with Gasteiger partial charge in [0, 0.05) is 5.69 Å². The minimum atomic E-state index is -0.786. The Hall–Kier alpha value is -1.78. The van der Waals surface area contributed by atoms with Crippen molar-refractivity contribution < 1.29 is 13.9 Å². The Bertz CT molecular complexity index is 647. The van der Waals surface area contributed by atoms with E-state index in [0.29, 0.717) is 16.5 Å². The Kier molecular flexibility index (Phi) is 5.04. The minimum absolute atomic E-state index is 0.251. The normalized spacial score (nSPS) is 11.8. The highest BCUT2D eigenvalue weighted by atomic mass is 35.5. The molecule has 110 valence electrons. The second kappa shape index (κ2) is 6.78. The molecule has 2 rings (SSSR count). The van der Waals surface area contributed by atoms with Gasteiger partial charge in [-0.3, -0.25) is 4.79 Å². The predicted molar refractivity (Wildman–Crippen MR) is 81.6 cm³/mol. The first kappa shape index (κ1) is 15.6. The summed E-state index contributed by atoms with van der Waals surface area (Å²) in [5.74, 6) is -0.424. The molecule has 0 saturated heterocycles. The summed E-state index contributed by atoms with van der Waals surface area (Å²) in [4.78, 5) is 12.0. The van der Waals surface area contributed by atoms with Gasteiger partial charge in [-0.15, -0.1) is 0 Å². The molecule has 0 aliphatic heterocycles. The van der Waals surface area contributed by atoms with Gasteiger partial charge in [0.1, 0.15) is 16.6 Å². The van der Waals surface area contributed by atoms with Gasteiger partial charge in [-0.1, -0.05) is 29.3 Å². The summed E-state index contributed by atoms with van der Waals surface area (Å²) in [6.07, 6.45) is -0.786. The molecule has 0 bridgehead atoms. The van der Waals surface area contributed by atoms with Crippen molar-refractivity contribution in [3.8, 4) is 5.75 Å². The van der Waals surface area contributed by atoms with Crippen LogP contribution in [0.15, 0.2) is 42.5 Å². The number of carbonyl (C=O) groups is 1. The van der Waals surface area contributed by atoms with Gasteiger partial charge in [0.25, 0.3) is 5.91 Å². The fourth-order valence-corrected chi connectivity index (χ4v) is 1.93. The molecule has 0 aliphatic carbocycles. The molecule has 1 N–H and O–H groups in total. The topological polar surface area (TPSA) is 38.3 Å². The van der Waals surface area contributed by atoms with Gasteiger partial charge in [0.05, 0.1) is 5.02 Å². The average Bonchev–Trinajstić information content (AvgIpc) is 2.46. The predicted octanol–water partition coefficient (Wildman–Crippen LogP) is 4.54. The lowest BCUT2D eigenvalue weighted by Crippen LogP contribution is -2.30. The van der Waals surface area contributed by atoms with Crippen molar-refractivity contribution in [2.45, 2.75) is 13.0 Å². The molecular weight excluding hydrogens is 316 g/mol. The average molecular weight is 328 g/mol. The van der Waals surface area contributed by atoms with E-state index in [9.17, 15) is 9.18 Å². The fraction of sp³-hybridized carbons (Fsp3) is 0.133. The zero-order valence-corrected chi connectivity index (χ0v) is 12.6. The van der Waals surface area contributed by atoms with E-state index >= 15 is 0 Å². The Morgan fingerprint density at radius 3 is 2.52 bits per heavy atom. The molecule has 2 aromatic rings. The largest absolute Gasteiger partial charge is 0.479 e. The van der Waals surface area contributed by atoms with Crippen LogP contribution >= 0.6 is 23.2 Å². The van der Waals surface area contributed by atoms with E-state index in [0.717, 1.165) is 0 Å². The van der Waals surface area contributed by atoms with E-state index in [1.54, 1.807) is 25.1 Å². The van der Waals surface area contributed by atoms with Gasteiger partial charge < -0.3 is 10.1 Å². The van der Waals surface area contributed by atoms with Crippen LogP contribution in [0.2, 0.25) is 10.0 Å². The Morgan fingerprint density at radius 2 is 1.86 bits per heavy atom. The Labute approximate surface area is 131 Å². The van der Waals surface area contributed by atoms with Gasteiger partial charge in [-0.05, 0) is 43.3 Å². The highest BCUT2D eigenvalue weighted by molar-refractivity contribution is 6.42. The van der Waals surface area contributed by atoms with E-state index < -0.39 is 6.10 Å². The van der Waals surface area contributed by atoms with Crippen LogP contribution in [-0.2, 0) is 4.79 Å². The number of benzene rings is 2. The van der Waals surface area contributed by atoms with Gasteiger partial charge in [0.15, 0.2) is 6.10 Å². The number of anilines is 1. The number of halogens is 3. The van der Waals surface area contributed by atoms with Crippen molar-refractivity contribution >= 4 is 34.8 Å². The Morgan fingerprint density at radius 1 is 1.19 bits per heavy atom. The van der Waals surface area contributed by atoms with E-state index in [2.05, 4.69) is 5.32 Å². The quantitative estimate of drug-likeness (QED) is 0.895. The number of amides is 1. The van der Waals surface area contributed by atoms with Gasteiger partial charge in [-0.25, -0.2) is 4.39 Å². The van der Waals surface area contributed by atoms with E-state index in [1.807, 2.05) is 0 Å². The first-order chi connectivity index (χ1) is 9.97. The van der Waals surface area contributed by atoms with E-state index in [4.69, 9.17) is 27.9 Å².